The van der Waals surface area contributed by atoms with Crippen molar-refractivity contribution in [3.05, 3.63) is 53.8 Å². The van der Waals surface area contributed by atoms with Crippen LogP contribution in [0.4, 0.5) is 4.39 Å². The SMILES string of the molecule is COC(=O)C(C)c1ccc(-c2cccc(OC(=O)CCCC3CCCCC3)c2)c(F)c1. The molecule has 0 radical (unpaired) electrons. The maximum Gasteiger partial charge on any atom is 0.312 e. The van der Waals surface area contributed by atoms with Crippen molar-refractivity contribution in [3.63, 3.8) is 0 Å². The Kier molecular flexibility index (Phi) is 8.21. The van der Waals surface area contributed by atoms with E-state index in [1.54, 1.807) is 43.3 Å². The Morgan fingerprint density at radius 3 is 2.58 bits per heavy atom. The molecule has 1 fully saturated rings. The summed E-state index contributed by atoms with van der Waals surface area (Å²) in [7, 11) is 1.31. The number of carbonyl (C=O) groups excluding carboxylic acids is 2. The molecular weight excluding hydrogens is 395 g/mol. The van der Waals surface area contributed by atoms with Gasteiger partial charge in [0.15, 0.2) is 0 Å². The molecule has 1 aliphatic carbocycles. The van der Waals surface area contributed by atoms with Crippen LogP contribution in [-0.2, 0) is 14.3 Å². The van der Waals surface area contributed by atoms with E-state index in [0.29, 0.717) is 28.9 Å². The molecule has 1 unspecified atom stereocenters. The molecule has 5 heteroatoms. The number of halogens is 1. The minimum atomic E-state index is -0.547. The van der Waals surface area contributed by atoms with Crippen LogP contribution in [0.2, 0.25) is 0 Å². The number of esters is 2. The summed E-state index contributed by atoms with van der Waals surface area (Å²) in [5.41, 5.74) is 1.55. The van der Waals surface area contributed by atoms with Crippen molar-refractivity contribution >= 4 is 11.9 Å². The van der Waals surface area contributed by atoms with Crippen LogP contribution in [0, 0.1) is 11.7 Å². The lowest BCUT2D eigenvalue weighted by Gasteiger charge is -2.20. The monoisotopic (exact) mass is 426 g/mol. The molecule has 0 aromatic heterocycles. The smallest absolute Gasteiger partial charge is 0.312 e. The second-order valence-electron chi connectivity index (χ2n) is 8.38. The topological polar surface area (TPSA) is 52.6 Å². The summed E-state index contributed by atoms with van der Waals surface area (Å²) < 4.78 is 25.0. The second kappa shape index (κ2) is 11.1. The molecule has 1 aliphatic rings. The van der Waals surface area contributed by atoms with Gasteiger partial charge in [0.1, 0.15) is 11.6 Å². The molecule has 2 aromatic rings. The fourth-order valence-electron chi connectivity index (χ4n) is 4.27. The number of hydrogen-bond acceptors (Lipinski definition) is 4. The molecule has 0 bridgehead atoms. The molecule has 0 spiro atoms. The average Bonchev–Trinajstić information content (AvgIpc) is 2.78. The van der Waals surface area contributed by atoms with Gasteiger partial charge >= 0.3 is 11.9 Å². The normalized spacial score (nSPS) is 15.3. The highest BCUT2D eigenvalue weighted by Gasteiger charge is 2.18. The van der Waals surface area contributed by atoms with Crippen LogP contribution in [0.25, 0.3) is 11.1 Å². The van der Waals surface area contributed by atoms with Crippen molar-refractivity contribution in [2.24, 2.45) is 5.92 Å². The van der Waals surface area contributed by atoms with Crippen molar-refractivity contribution < 1.29 is 23.5 Å². The lowest BCUT2D eigenvalue weighted by atomic mass is 9.86. The summed E-state index contributed by atoms with van der Waals surface area (Å²) in [6, 6.07) is 11.6. The van der Waals surface area contributed by atoms with E-state index in [9.17, 15) is 14.0 Å². The molecule has 166 valence electrons. The van der Waals surface area contributed by atoms with E-state index in [1.165, 1.54) is 45.3 Å². The average molecular weight is 427 g/mol. The van der Waals surface area contributed by atoms with Crippen molar-refractivity contribution in [1.82, 2.24) is 0 Å². The first kappa shape index (κ1) is 23.0. The maximum absolute atomic E-state index is 14.7. The first-order valence-electron chi connectivity index (χ1n) is 11.2. The zero-order valence-electron chi connectivity index (χ0n) is 18.4. The third-order valence-electron chi connectivity index (χ3n) is 6.14. The van der Waals surface area contributed by atoms with E-state index in [2.05, 4.69) is 0 Å². The summed E-state index contributed by atoms with van der Waals surface area (Å²) in [6.07, 6.45) is 8.83. The van der Waals surface area contributed by atoms with E-state index in [0.717, 1.165) is 18.8 Å². The van der Waals surface area contributed by atoms with Gasteiger partial charge in [-0.25, -0.2) is 4.39 Å². The molecule has 0 N–H and O–H groups in total. The van der Waals surface area contributed by atoms with Gasteiger partial charge in [-0.3, -0.25) is 9.59 Å². The van der Waals surface area contributed by atoms with Gasteiger partial charge in [0, 0.05) is 12.0 Å². The lowest BCUT2D eigenvalue weighted by molar-refractivity contribution is -0.142. The fourth-order valence-corrected chi connectivity index (χ4v) is 4.27. The third kappa shape index (κ3) is 6.39. The summed E-state index contributed by atoms with van der Waals surface area (Å²) in [4.78, 5) is 23.9. The molecule has 1 saturated carbocycles. The Morgan fingerprint density at radius 1 is 1.10 bits per heavy atom. The van der Waals surface area contributed by atoms with Crippen LogP contribution in [0.15, 0.2) is 42.5 Å². The van der Waals surface area contributed by atoms with Gasteiger partial charge in [0.25, 0.3) is 0 Å². The molecule has 4 nitrogen and oxygen atoms in total. The molecule has 3 rings (SSSR count). The van der Waals surface area contributed by atoms with E-state index in [1.807, 2.05) is 0 Å². The fraction of sp³-hybridized carbons (Fsp3) is 0.462. The number of benzene rings is 2. The predicted molar refractivity (Wildman–Crippen MR) is 118 cm³/mol. The number of methoxy groups -OCH3 is 1. The zero-order valence-corrected chi connectivity index (χ0v) is 18.4. The molecule has 0 amide bonds. The van der Waals surface area contributed by atoms with Gasteiger partial charge in [-0.05, 0) is 55.0 Å². The Labute approximate surface area is 183 Å². The van der Waals surface area contributed by atoms with E-state index >= 15 is 0 Å². The molecule has 2 aromatic carbocycles. The Balaban J connectivity index is 1.60. The Hall–Kier alpha value is -2.69. The van der Waals surface area contributed by atoms with Crippen LogP contribution in [0.3, 0.4) is 0 Å². The highest BCUT2D eigenvalue weighted by molar-refractivity contribution is 5.78. The predicted octanol–water partition coefficient (Wildman–Crippen LogP) is 6.43. The van der Waals surface area contributed by atoms with Gasteiger partial charge in [0.2, 0.25) is 0 Å². The first-order chi connectivity index (χ1) is 15.0. The van der Waals surface area contributed by atoms with E-state index < -0.39 is 17.7 Å². The van der Waals surface area contributed by atoms with E-state index in [-0.39, 0.29) is 5.97 Å². The maximum atomic E-state index is 14.7. The Morgan fingerprint density at radius 2 is 1.87 bits per heavy atom. The summed E-state index contributed by atoms with van der Waals surface area (Å²) in [5.74, 6) is -0.497. The molecular formula is C26H31FO4. The largest absolute Gasteiger partial charge is 0.469 e. The van der Waals surface area contributed by atoms with Gasteiger partial charge < -0.3 is 9.47 Å². The number of hydrogen-bond donors (Lipinski definition) is 0. The second-order valence-corrected chi connectivity index (χ2v) is 8.38. The highest BCUT2D eigenvalue weighted by atomic mass is 19.1. The standard InChI is InChI=1S/C26H31FO4/c1-18(26(29)30-2)20-14-15-23(24(27)17-20)21-11-7-12-22(16-21)31-25(28)13-6-10-19-8-4-3-5-9-19/h7,11-12,14-19H,3-6,8-10,13H2,1-2H3. The van der Waals surface area contributed by atoms with Gasteiger partial charge in [-0.2, -0.15) is 0 Å². The number of rotatable bonds is 8. The van der Waals surface area contributed by atoms with Crippen LogP contribution in [-0.4, -0.2) is 19.0 Å². The minimum absolute atomic E-state index is 0.254. The quantitative estimate of drug-likeness (QED) is 0.361. The molecule has 31 heavy (non-hydrogen) atoms. The number of carbonyl (C=O) groups is 2. The van der Waals surface area contributed by atoms with Crippen LogP contribution in [0.1, 0.15) is 69.8 Å². The lowest BCUT2D eigenvalue weighted by Crippen LogP contribution is -2.11. The van der Waals surface area contributed by atoms with E-state index in [4.69, 9.17) is 9.47 Å². The molecule has 0 saturated heterocycles. The van der Waals surface area contributed by atoms with Crippen molar-refractivity contribution in [2.75, 3.05) is 7.11 Å². The van der Waals surface area contributed by atoms with Gasteiger partial charge in [-0.1, -0.05) is 56.4 Å². The van der Waals surface area contributed by atoms with Crippen molar-refractivity contribution in [2.45, 2.75) is 64.2 Å². The molecule has 0 aliphatic heterocycles. The zero-order chi connectivity index (χ0) is 22.2. The van der Waals surface area contributed by atoms with Crippen molar-refractivity contribution in [3.8, 4) is 16.9 Å². The molecule has 0 heterocycles. The minimum Gasteiger partial charge on any atom is -0.469 e. The summed E-state index contributed by atoms with van der Waals surface area (Å²) in [6.45, 7) is 1.68. The molecule has 1 atom stereocenters. The number of ether oxygens (including phenoxy) is 2. The van der Waals surface area contributed by atoms with Crippen LogP contribution >= 0.6 is 0 Å². The Bertz CT molecular complexity index is 902. The van der Waals surface area contributed by atoms with Gasteiger partial charge in [-0.15, -0.1) is 0 Å². The first-order valence-corrected chi connectivity index (χ1v) is 11.2. The van der Waals surface area contributed by atoms with Crippen LogP contribution < -0.4 is 4.74 Å². The summed E-state index contributed by atoms with van der Waals surface area (Å²) in [5, 5.41) is 0. The van der Waals surface area contributed by atoms with Gasteiger partial charge in [0.05, 0.1) is 13.0 Å². The van der Waals surface area contributed by atoms with Crippen molar-refractivity contribution in [1.29, 1.82) is 0 Å². The van der Waals surface area contributed by atoms with Crippen LogP contribution in [0.5, 0.6) is 5.75 Å². The summed E-state index contributed by atoms with van der Waals surface area (Å²) >= 11 is 0. The highest BCUT2D eigenvalue weighted by Crippen LogP contribution is 2.30. The third-order valence-corrected chi connectivity index (χ3v) is 6.14.